The number of rotatable bonds is 3. The highest BCUT2D eigenvalue weighted by molar-refractivity contribution is 5.91. The summed E-state index contributed by atoms with van der Waals surface area (Å²) in [7, 11) is 0. The molecule has 3 rings (SSSR count). The zero-order chi connectivity index (χ0) is 16.9. The van der Waals surface area contributed by atoms with Crippen molar-refractivity contribution in [2.45, 2.75) is 26.6 Å². The van der Waals surface area contributed by atoms with Gasteiger partial charge in [0.1, 0.15) is 5.52 Å². The fraction of sp³-hybridized carbons (Fsp3) is 0.316. The lowest BCUT2D eigenvalue weighted by Crippen LogP contribution is -2.22. The van der Waals surface area contributed by atoms with Crippen LogP contribution in [0, 0.1) is 0 Å². The van der Waals surface area contributed by atoms with E-state index in [1.165, 1.54) is 0 Å². The van der Waals surface area contributed by atoms with Gasteiger partial charge in [0.15, 0.2) is 11.5 Å². The largest absolute Gasteiger partial charge is 0.355 e. The molecule has 0 N–H and O–H groups in total. The Morgan fingerprint density at radius 3 is 2.43 bits per heavy atom. The highest BCUT2D eigenvalue weighted by atomic mass is 16.7. The summed E-state index contributed by atoms with van der Waals surface area (Å²) in [4.78, 5) is 0. The van der Waals surface area contributed by atoms with Crippen molar-refractivity contribution >= 4 is 16.5 Å². The Labute approximate surface area is 137 Å². The smallest absolute Gasteiger partial charge is 0.192 e. The normalized spacial score (nSPS) is 16.3. The third-order valence-corrected chi connectivity index (χ3v) is 3.71. The highest BCUT2D eigenvalue weighted by Crippen LogP contribution is 2.34. The van der Waals surface area contributed by atoms with E-state index >= 15 is 0 Å². The predicted octanol–water partition coefficient (Wildman–Crippen LogP) is 4.83. The Hall–Kier alpha value is -2.17. The summed E-state index contributed by atoms with van der Waals surface area (Å²) in [6.45, 7) is 14.7. The molecule has 2 aromatic rings. The minimum Gasteiger partial charge on any atom is -0.355 e. The van der Waals surface area contributed by atoms with Crippen molar-refractivity contribution in [3.63, 3.8) is 0 Å². The molecular weight excluding hydrogens is 290 g/mol. The summed E-state index contributed by atoms with van der Waals surface area (Å²) < 4.78 is 16.6. The van der Waals surface area contributed by atoms with Gasteiger partial charge < -0.3 is 14.0 Å². The van der Waals surface area contributed by atoms with Crippen molar-refractivity contribution < 1.29 is 14.0 Å². The first-order valence-electron chi connectivity index (χ1n) is 7.62. The number of allylic oxidation sites excluding steroid dienone is 4. The maximum atomic E-state index is 5.66. The zero-order valence-electron chi connectivity index (χ0n) is 14.0. The second-order valence-corrected chi connectivity index (χ2v) is 5.28. The number of hydrogen-bond donors (Lipinski definition) is 0. The molecule has 0 saturated carbocycles. The second-order valence-electron chi connectivity index (χ2n) is 5.28. The minimum absolute atomic E-state index is 0.602. The number of nitrogens with zero attached hydrogens (tertiary/aromatic N) is 1. The van der Waals surface area contributed by atoms with Crippen LogP contribution in [-0.4, -0.2) is 18.4 Å². The SMILES string of the molecule is C/C=C\C.C=CC(=C)c1onc2ccc(C3(C)OCCO3)cc12. The molecule has 0 radical (unpaired) electrons. The second kappa shape index (κ2) is 7.40. The average Bonchev–Trinajstić information content (AvgIpc) is 3.21. The molecule has 0 unspecified atom stereocenters. The summed E-state index contributed by atoms with van der Waals surface area (Å²) >= 11 is 0. The molecule has 0 spiro atoms. The van der Waals surface area contributed by atoms with Crippen molar-refractivity contribution in [1.29, 1.82) is 0 Å². The third kappa shape index (κ3) is 3.60. The zero-order valence-corrected chi connectivity index (χ0v) is 14.0. The van der Waals surface area contributed by atoms with Crippen molar-refractivity contribution in [3.8, 4) is 0 Å². The molecule has 1 aromatic carbocycles. The van der Waals surface area contributed by atoms with Gasteiger partial charge in [-0.1, -0.05) is 42.6 Å². The molecule has 23 heavy (non-hydrogen) atoms. The van der Waals surface area contributed by atoms with Crippen LogP contribution < -0.4 is 0 Å². The van der Waals surface area contributed by atoms with Gasteiger partial charge in [0.25, 0.3) is 0 Å². The molecule has 1 saturated heterocycles. The lowest BCUT2D eigenvalue weighted by atomic mass is 10.0. The van der Waals surface area contributed by atoms with Gasteiger partial charge >= 0.3 is 0 Å². The van der Waals surface area contributed by atoms with Crippen LogP contribution in [0.2, 0.25) is 0 Å². The van der Waals surface area contributed by atoms with Gasteiger partial charge in [-0.15, -0.1) is 0 Å². The summed E-state index contributed by atoms with van der Waals surface area (Å²) in [5.74, 6) is -0.0634. The monoisotopic (exact) mass is 313 g/mol. The quantitative estimate of drug-likeness (QED) is 0.601. The van der Waals surface area contributed by atoms with E-state index in [-0.39, 0.29) is 0 Å². The van der Waals surface area contributed by atoms with Crippen LogP contribution in [0.5, 0.6) is 0 Å². The number of hydrogen-bond acceptors (Lipinski definition) is 4. The molecular formula is C19H23NO3. The Morgan fingerprint density at radius 1 is 1.22 bits per heavy atom. The van der Waals surface area contributed by atoms with Gasteiger partial charge in [-0.05, 0) is 32.9 Å². The van der Waals surface area contributed by atoms with Crippen LogP contribution in [0.15, 0.2) is 54.1 Å². The van der Waals surface area contributed by atoms with Gasteiger partial charge in [-0.2, -0.15) is 0 Å². The van der Waals surface area contributed by atoms with Gasteiger partial charge in [-0.3, -0.25) is 0 Å². The maximum absolute atomic E-state index is 5.66. The Kier molecular flexibility index (Phi) is 5.53. The summed E-state index contributed by atoms with van der Waals surface area (Å²) in [6, 6.07) is 5.81. The fourth-order valence-electron chi connectivity index (χ4n) is 2.23. The standard InChI is InChI=1S/C15H15NO3.C4H8/c1-4-10(2)14-12-9-11(5-6-13(12)16-19-14)15(3)17-7-8-18-15;1-3-4-2/h4-6,9H,1-2,7-8H2,3H3;3-4H,1-2H3/b;4-3-. The molecule has 1 aromatic heterocycles. The molecule has 0 aliphatic carbocycles. The topological polar surface area (TPSA) is 44.5 Å². The first-order chi connectivity index (χ1) is 11.1. The fourth-order valence-corrected chi connectivity index (χ4v) is 2.23. The van der Waals surface area contributed by atoms with Crippen LogP contribution >= 0.6 is 0 Å². The number of benzene rings is 1. The van der Waals surface area contributed by atoms with Gasteiger partial charge in [0.05, 0.1) is 18.6 Å². The number of fused-ring (bicyclic) bond motifs is 1. The molecule has 4 nitrogen and oxygen atoms in total. The number of aromatic nitrogens is 1. The van der Waals surface area contributed by atoms with E-state index in [9.17, 15) is 0 Å². The predicted molar refractivity (Wildman–Crippen MR) is 93.0 cm³/mol. The van der Waals surface area contributed by atoms with Crippen LogP contribution in [0.3, 0.4) is 0 Å². The molecule has 1 fully saturated rings. The molecule has 1 aliphatic heterocycles. The van der Waals surface area contributed by atoms with E-state index in [0.717, 1.165) is 16.5 Å². The first-order valence-corrected chi connectivity index (χ1v) is 7.62. The lowest BCUT2D eigenvalue weighted by Gasteiger charge is -2.22. The van der Waals surface area contributed by atoms with Crippen LogP contribution in [0.25, 0.3) is 16.5 Å². The number of ether oxygens (including phenoxy) is 2. The van der Waals surface area contributed by atoms with E-state index in [1.807, 2.05) is 51.1 Å². The average molecular weight is 313 g/mol. The molecule has 4 heteroatoms. The first kappa shape index (κ1) is 17.2. The van der Waals surface area contributed by atoms with Gasteiger partial charge in [0, 0.05) is 11.1 Å². The Morgan fingerprint density at radius 2 is 1.87 bits per heavy atom. The Balaban J connectivity index is 0.000000433. The molecule has 0 atom stereocenters. The molecule has 122 valence electrons. The maximum Gasteiger partial charge on any atom is 0.192 e. The van der Waals surface area contributed by atoms with Crippen molar-refractivity contribution in [2.24, 2.45) is 0 Å². The van der Waals surface area contributed by atoms with Crippen molar-refractivity contribution in [2.75, 3.05) is 13.2 Å². The molecule has 0 amide bonds. The van der Waals surface area contributed by atoms with E-state index in [4.69, 9.17) is 14.0 Å². The molecule has 1 aliphatic rings. The molecule has 2 heterocycles. The van der Waals surface area contributed by atoms with Gasteiger partial charge in [-0.25, -0.2) is 0 Å². The van der Waals surface area contributed by atoms with Gasteiger partial charge in [0.2, 0.25) is 0 Å². The van der Waals surface area contributed by atoms with E-state index in [0.29, 0.717) is 24.5 Å². The van der Waals surface area contributed by atoms with E-state index < -0.39 is 5.79 Å². The summed E-state index contributed by atoms with van der Waals surface area (Å²) in [6.07, 6.45) is 5.65. The lowest BCUT2D eigenvalue weighted by molar-refractivity contribution is -0.149. The van der Waals surface area contributed by atoms with Crippen LogP contribution in [0.4, 0.5) is 0 Å². The summed E-state index contributed by atoms with van der Waals surface area (Å²) in [5, 5.41) is 4.90. The van der Waals surface area contributed by atoms with Crippen LogP contribution in [0.1, 0.15) is 32.1 Å². The van der Waals surface area contributed by atoms with Crippen molar-refractivity contribution in [3.05, 3.63) is 60.9 Å². The summed E-state index contributed by atoms with van der Waals surface area (Å²) in [5.41, 5.74) is 2.43. The Bertz CT molecular complexity index is 717. The molecule has 0 bridgehead atoms. The van der Waals surface area contributed by atoms with E-state index in [2.05, 4.69) is 18.3 Å². The third-order valence-electron chi connectivity index (χ3n) is 3.71. The van der Waals surface area contributed by atoms with E-state index in [1.54, 1.807) is 6.08 Å². The van der Waals surface area contributed by atoms with Crippen LogP contribution in [-0.2, 0) is 15.3 Å². The highest BCUT2D eigenvalue weighted by Gasteiger charge is 2.33. The minimum atomic E-state index is -0.696. The van der Waals surface area contributed by atoms with Crippen molar-refractivity contribution in [1.82, 2.24) is 5.16 Å².